The van der Waals surface area contributed by atoms with Gasteiger partial charge in [0.25, 0.3) is 17.5 Å². The Morgan fingerprint density at radius 2 is 1.89 bits per heavy atom. The van der Waals surface area contributed by atoms with Crippen molar-refractivity contribution in [1.29, 1.82) is 0 Å². The van der Waals surface area contributed by atoms with Crippen LogP contribution < -0.4 is 16.4 Å². The van der Waals surface area contributed by atoms with E-state index in [9.17, 15) is 27.6 Å². The third kappa shape index (κ3) is 3.52. The summed E-state index contributed by atoms with van der Waals surface area (Å²) in [5, 5.41) is 7.79. The highest BCUT2D eigenvalue weighted by Crippen LogP contribution is 2.49. The van der Waals surface area contributed by atoms with Crippen molar-refractivity contribution >= 4 is 22.5 Å². The van der Waals surface area contributed by atoms with Crippen LogP contribution in [-0.2, 0) is 17.4 Å². The van der Waals surface area contributed by atoms with Gasteiger partial charge in [-0.1, -0.05) is 18.2 Å². The molecule has 2 saturated heterocycles. The van der Waals surface area contributed by atoms with E-state index >= 15 is 0 Å². The molecule has 1 amide bonds. The number of halogens is 3. The molecule has 1 aromatic carbocycles. The number of rotatable bonds is 5. The highest BCUT2D eigenvalue weighted by Gasteiger charge is 2.57. The number of hydrogen-bond donors (Lipinski definition) is 1. The molecule has 11 heteroatoms. The monoisotopic (exact) mass is 487 g/mol. The van der Waals surface area contributed by atoms with Gasteiger partial charge in [-0.3, -0.25) is 14.4 Å². The Morgan fingerprint density at radius 1 is 1.20 bits per heavy atom. The SMILES string of the molecule is CC(=O)N1CC2(n3cc4c(N[C@H](C)c5cccc(C(F)F)c5F)nn(C)c(=O)c4cc3=O)CC1C2. The van der Waals surface area contributed by atoms with Gasteiger partial charge < -0.3 is 14.8 Å². The number of alkyl halides is 2. The Bertz CT molecular complexity index is 1480. The average Bonchev–Trinajstić information content (AvgIpc) is 3.34. The number of pyridine rings is 1. The van der Waals surface area contributed by atoms with E-state index in [0.717, 1.165) is 10.7 Å². The van der Waals surface area contributed by atoms with Crippen LogP contribution in [0, 0.1) is 5.82 Å². The zero-order chi connectivity index (χ0) is 25.2. The molecule has 0 radical (unpaired) electrons. The molecule has 2 aliphatic heterocycles. The lowest BCUT2D eigenvalue weighted by molar-refractivity contribution is -0.128. The summed E-state index contributed by atoms with van der Waals surface area (Å²) in [6, 6.07) is 4.36. The molecule has 1 aliphatic carbocycles. The molecule has 2 aromatic heterocycles. The first-order valence-corrected chi connectivity index (χ1v) is 11.3. The molecular formula is C24H24F3N5O3. The van der Waals surface area contributed by atoms with Crippen LogP contribution in [0.25, 0.3) is 10.8 Å². The van der Waals surface area contributed by atoms with Gasteiger partial charge in [-0.15, -0.1) is 0 Å². The Labute approximate surface area is 198 Å². The summed E-state index contributed by atoms with van der Waals surface area (Å²) in [7, 11) is 1.43. The second-order valence-electron chi connectivity index (χ2n) is 9.44. The number of hydrogen-bond acceptors (Lipinski definition) is 5. The zero-order valence-corrected chi connectivity index (χ0v) is 19.4. The number of fused-ring (bicyclic) bond motifs is 2. The molecule has 4 heterocycles. The third-order valence-electron chi connectivity index (χ3n) is 7.25. The maximum absolute atomic E-state index is 14.7. The van der Waals surface area contributed by atoms with Gasteiger partial charge in [0.15, 0.2) is 5.82 Å². The molecule has 2 bridgehead atoms. The predicted octanol–water partition coefficient (Wildman–Crippen LogP) is 3.06. The molecule has 1 N–H and O–H groups in total. The Kier molecular flexibility index (Phi) is 5.26. The van der Waals surface area contributed by atoms with Crippen LogP contribution in [-0.4, -0.2) is 37.7 Å². The van der Waals surface area contributed by atoms with E-state index in [1.165, 1.54) is 32.2 Å². The van der Waals surface area contributed by atoms with Gasteiger partial charge in [0.1, 0.15) is 5.82 Å². The van der Waals surface area contributed by atoms with E-state index in [1.807, 2.05) is 0 Å². The normalized spacial score (nSPS) is 21.9. The molecule has 1 atom stereocenters. The van der Waals surface area contributed by atoms with Crippen LogP contribution in [0.2, 0.25) is 0 Å². The Morgan fingerprint density at radius 3 is 2.51 bits per heavy atom. The van der Waals surface area contributed by atoms with E-state index in [1.54, 1.807) is 22.6 Å². The van der Waals surface area contributed by atoms with E-state index in [-0.39, 0.29) is 34.3 Å². The minimum Gasteiger partial charge on any atom is -0.361 e. The number of nitrogens with one attached hydrogen (secondary N) is 1. The largest absolute Gasteiger partial charge is 0.361 e. The minimum absolute atomic E-state index is 0.0215. The predicted molar refractivity (Wildman–Crippen MR) is 123 cm³/mol. The van der Waals surface area contributed by atoms with E-state index in [2.05, 4.69) is 10.4 Å². The van der Waals surface area contributed by atoms with Gasteiger partial charge in [0.2, 0.25) is 5.91 Å². The summed E-state index contributed by atoms with van der Waals surface area (Å²) in [5.41, 5.74) is -2.07. The number of carbonyl (C=O) groups excluding carboxylic acids is 1. The fraction of sp³-hybridized carbons (Fsp3) is 0.417. The van der Waals surface area contributed by atoms with Crippen LogP contribution in [0.1, 0.15) is 50.3 Å². The van der Waals surface area contributed by atoms with Crippen molar-refractivity contribution in [3.05, 3.63) is 68.1 Å². The van der Waals surface area contributed by atoms with Crippen LogP contribution in [0.4, 0.5) is 19.0 Å². The number of benzene rings is 1. The van der Waals surface area contributed by atoms with Crippen molar-refractivity contribution in [2.75, 3.05) is 11.9 Å². The maximum atomic E-state index is 14.7. The molecule has 184 valence electrons. The van der Waals surface area contributed by atoms with Crippen molar-refractivity contribution in [3.63, 3.8) is 0 Å². The average molecular weight is 487 g/mol. The fourth-order valence-corrected chi connectivity index (χ4v) is 5.41. The molecular weight excluding hydrogens is 463 g/mol. The Hall–Kier alpha value is -3.63. The van der Waals surface area contributed by atoms with Gasteiger partial charge in [-0.05, 0) is 19.8 Å². The molecule has 3 aromatic rings. The lowest BCUT2D eigenvalue weighted by atomic mass is 9.77. The van der Waals surface area contributed by atoms with Crippen molar-refractivity contribution in [2.45, 2.75) is 50.7 Å². The summed E-state index contributed by atoms with van der Waals surface area (Å²) in [6.07, 6.45) is -0.116. The summed E-state index contributed by atoms with van der Waals surface area (Å²) in [5.74, 6) is -0.856. The second-order valence-corrected chi connectivity index (χ2v) is 9.44. The fourth-order valence-electron chi connectivity index (χ4n) is 5.41. The summed E-state index contributed by atoms with van der Waals surface area (Å²) >= 11 is 0. The van der Waals surface area contributed by atoms with E-state index in [4.69, 9.17) is 0 Å². The number of nitrogens with zero attached hydrogens (tertiary/aromatic N) is 4. The lowest BCUT2D eigenvalue weighted by Crippen LogP contribution is -2.48. The first kappa shape index (κ1) is 23.1. The first-order chi connectivity index (χ1) is 16.5. The summed E-state index contributed by atoms with van der Waals surface area (Å²) in [4.78, 5) is 39.5. The Balaban J connectivity index is 1.59. The van der Waals surface area contributed by atoms with Crippen molar-refractivity contribution in [1.82, 2.24) is 19.2 Å². The van der Waals surface area contributed by atoms with Crippen LogP contribution in [0.3, 0.4) is 0 Å². The molecule has 1 saturated carbocycles. The van der Waals surface area contributed by atoms with Gasteiger partial charge in [0.05, 0.1) is 22.5 Å². The minimum atomic E-state index is -2.96. The smallest absolute Gasteiger partial charge is 0.274 e. The van der Waals surface area contributed by atoms with E-state index in [0.29, 0.717) is 24.8 Å². The number of aromatic nitrogens is 3. The lowest BCUT2D eigenvalue weighted by Gasteiger charge is -2.38. The molecule has 3 aliphatic rings. The number of carbonyl (C=O) groups is 1. The zero-order valence-electron chi connectivity index (χ0n) is 19.4. The van der Waals surface area contributed by atoms with Crippen molar-refractivity contribution in [3.8, 4) is 0 Å². The second kappa shape index (κ2) is 7.96. The molecule has 6 rings (SSSR count). The van der Waals surface area contributed by atoms with E-state index < -0.39 is 34.9 Å². The quantitative estimate of drug-likeness (QED) is 0.598. The highest BCUT2D eigenvalue weighted by atomic mass is 19.3. The van der Waals surface area contributed by atoms with Gasteiger partial charge >= 0.3 is 0 Å². The van der Waals surface area contributed by atoms with Crippen molar-refractivity contribution < 1.29 is 18.0 Å². The number of amides is 1. The third-order valence-corrected chi connectivity index (χ3v) is 7.25. The van der Waals surface area contributed by atoms with Crippen LogP contribution in [0.5, 0.6) is 0 Å². The van der Waals surface area contributed by atoms with Gasteiger partial charge in [-0.2, -0.15) is 5.10 Å². The molecule has 35 heavy (non-hydrogen) atoms. The van der Waals surface area contributed by atoms with Gasteiger partial charge in [0, 0.05) is 49.8 Å². The standard InChI is InChI=1S/C24H24F3N5O3/c1-12(15-5-4-6-16(20(15)25)21(26)27)28-22-18-10-32(19(34)7-17(18)23(35)30(3)29-22)24-8-14(9-24)31(11-24)13(2)33/h4-7,10,12,14,21H,8-9,11H2,1-3H3,(H,28,29)/t12-,14?,24?/m1/s1. The molecule has 8 nitrogen and oxygen atoms in total. The summed E-state index contributed by atoms with van der Waals surface area (Å²) < 4.78 is 43.7. The highest BCUT2D eigenvalue weighted by molar-refractivity contribution is 5.90. The van der Waals surface area contributed by atoms with Crippen LogP contribution in [0.15, 0.2) is 40.1 Å². The maximum Gasteiger partial charge on any atom is 0.274 e. The summed E-state index contributed by atoms with van der Waals surface area (Å²) in [6.45, 7) is 3.50. The first-order valence-electron chi connectivity index (χ1n) is 11.3. The molecule has 3 fully saturated rings. The molecule has 0 spiro atoms. The molecule has 0 unspecified atom stereocenters. The number of aryl methyl sites for hydroxylation is 1. The van der Waals surface area contributed by atoms with Gasteiger partial charge in [-0.25, -0.2) is 17.9 Å². The number of anilines is 1. The topological polar surface area (TPSA) is 89.2 Å². The van der Waals surface area contributed by atoms with Crippen LogP contribution >= 0.6 is 0 Å². The van der Waals surface area contributed by atoms with Crippen molar-refractivity contribution in [2.24, 2.45) is 7.05 Å².